The average Bonchev–Trinajstić information content (AvgIpc) is 2.62. The Morgan fingerprint density at radius 3 is 0.758 bits per heavy atom. The summed E-state index contributed by atoms with van der Waals surface area (Å²) >= 11 is 0. The van der Waals surface area contributed by atoms with Gasteiger partial charge in [-0.15, -0.1) is 0 Å². The second-order valence-corrected chi connectivity index (χ2v) is 7.78. The van der Waals surface area contributed by atoms with Gasteiger partial charge in [-0.2, -0.15) is 0 Å². The van der Waals surface area contributed by atoms with Gasteiger partial charge in [0.1, 0.15) is 0 Å². The Kier molecular flexibility index (Phi) is 162. The van der Waals surface area contributed by atoms with Gasteiger partial charge in [0.15, 0.2) is 0 Å². The van der Waals surface area contributed by atoms with E-state index < -0.39 is 0 Å². The van der Waals surface area contributed by atoms with Crippen LogP contribution in [0.2, 0.25) is 0 Å². The van der Waals surface area contributed by atoms with Crippen molar-refractivity contribution in [3.63, 3.8) is 0 Å². The molecule has 0 bridgehead atoms. The van der Waals surface area contributed by atoms with E-state index in [4.69, 9.17) is 0 Å². The Hall–Kier alpha value is 0. The lowest BCUT2D eigenvalue weighted by atomic mass is 9.98. The van der Waals surface area contributed by atoms with Crippen molar-refractivity contribution in [1.29, 1.82) is 0 Å². The molecule has 0 amide bonds. The third kappa shape index (κ3) is 79.8. The van der Waals surface area contributed by atoms with E-state index in [2.05, 4.69) is 62.3 Å². The van der Waals surface area contributed by atoms with Gasteiger partial charge in [-0.25, -0.2) is 0 Å². The van der Waals surface area contributed by atoms with Gasteiger partial charge < -0.3 is 0 Å². The summed E-state index contributed by atoms with van der Waals surface area (Å²) in [5, 5.41) is 0. The third-order valence-electron chi connectivity index (χ3n) is 5.35. The van der Waals surface area contributed by atoms with E-state index in [1.165, 1.54) is 77.0 Å². The first-order valence-electron chi connectivity index (χ1n) is 11.5. The molecule has 0 saturated carbocycles. The third-order valence-corrected chi connectivity index (χ3v) is 5.35. The minimum absolute atomic E-state index is 0. The normalized spacial score (nSPS) is 9.27. The van der Waals surface area contributed by atoms with Crippen molar-refractivity contribution in [3.8, 4) is 0 Å². The highest BCUT2D eigenvalue weighted by atomic mass is 14.0. The van der Waals surface area contributed by atoms with Crippen LogP contribution in [0.25, 0.3) is 0 Å². The van der Waals surface area contributed by atoms with Gasteiger partial charge in [-0.1, -0.05) is 206 Å². The summed E-state index contributed by atoms with van der Waals surface area (Å²) in [4.78, 5) is 0. The van der Waals surface area contributed by atoms with E-state index >= 15 is 0 Å². The van der Waals surface area contributed by atoms with Gasteiger partial charge in [-0.3, -0.25) is 0 Å². The topological polar surface area (TPSA) is 0 Å². The Bertz CT molecular complexity index is 166. The summed E-state index contributed by atoms with van der Waals surface area (Å²) in [5.74, 6) is 2.91. The zero-order valence-electron chi connectivity index (χ0n) is 19.2. The molecule has 33 heavy (non-hydrogen) atoms. The van der Waals surface area contributed by atoms with E-state index in [-0.39, 0.29) is 66.8 Å². The van der Waals surface area contributed by atoms with E-state index in [0.717, 1.165) is 17.8 Å². The molecule has 0 nitrogen and oxygen atoms in total. The highest BCUT2D eigenvalue weighted by Gasteiger charge is 1.98. The molecular formula is C33H90. The van der Waals surface area contributed by atoms with Gasteiger partial charge in [0.25, 0.3) is 0 Å². The van der Waals surface area contributed by atoms with Crippen LogP contribution in [0.4, 0.5) is 0 Å². The fourth-order valence-corrected chi connectivity index (χ4v) is 2.62. The van der Waals surface area contributed by atoms with Gasteiger partial charge in [-0.05, 0) is 17.8 Å². The fourth-order valence-electron chi connectivity index (χ4n) is 2.62. The van der Waals surface area contributed by atoms with Gasteiger partial charge in [0.2, 0.25) is 0 Å². The number of unbranched alkanes of at least 4 members (excludes halogenated alkanes) is 2. The van der Waals surface area contributed by atoms with E-state index in [0.29, 0.717) is 0 Å². The molecule has 0 aliphatic heterocycles. The first kappa shape index (κ1) is 76.6. The number of hydrogen-bond donors (Lipinski definition) is 0. The molecule has 0 heterocycles. The molecule has 0 aliphatic rings. The Morgan fingerprint density at radius 2 is 0.636 bits per heavy atom. The Morgan fingerprint density at radius 1 is 0.364 bits per heavy atom. The lowest BCUT2D eigenvalue weighted by Crippen LogP contribution is -1.94. The van der Waals surface area contributed by atoms with E-state index in [1.54, 1.807) is 0 Å². The van der Waals surface area contributed by atoms with Crippen molar-refractivity contribution < 1.29 is 0 Å². The summed E-state index contributed by atoms with van der Waals surface area (Å²) in [6.45, 7) is 20.5. The van der Waals surface area contributed by atoms with Crippen molar-refractivity contribution in [2.75, 3.05) is 0 Å². The minimum atomic E-state index is 0. The summed E-state index contributed by atoms with van der Waals surface area (Å²) in [6.07, 6.45) is 16.6. The second kappa shape index (κ2) is 69.7. The maximum absolute atomic E-state index is 2.33. The van der Waals surface area contributed by atoms with Crippen LogP contribution in [0.5, 0.6) is 0 Å². The fraction of sp³-hybridized carbons (Fsp3) is 1.00. The van der Waals surface area contributed by atoms with Crippen molar-refractivity contribution in [2.45, 2.75) is 206 Å². The van der Waals surface area contributed by atoms with Crippen LogP contribution >= 0.6 is 0 Å². The molecule has 0 aromatic heterocycles. The molecule has 0 heteroatoms. The summed E-state index contributed by atoms with van der Waals surface area (Å²) in [5.41, 5.74) is 0. The van der Waals surface area contributed by atoms with Crippen LogP contribution in [0, 0.1) is 17.8 Å². The maximum Gasteiger partial charge on any atom is -0.0420 e. The molecule has 222 valence electrons. The molecule has 2 unspecified atom stereocenters. The smallest absolute Gasteiger partial charge is 0.0420 e. The van der Waals surface area contributed by atoms with Gasteiger partial charge >= 0.3 is 0 Å². The SMILES string of the molecule is C.C.C.C.C.C.C.C.C.CCCC(CC)CC.CCCCC(C)CC.CCCCC(C)CC. The van der Waals surface area contributed by atoms with Gasteiger partial charge in [0.05, 0.1) is 0 Å². The van der Waals surface area contributed by atoms with Crippen molar-refractivity contribution in [1.82, 2.24) is 0 Å². The molecule has 2 atom stereocenters. The predicted octanol–water partition coefficient (Wildman–Crippen LogP) is 15.4. The monoisotopic (exact) mass is 487 g/mol. The number of hydrogen-bond acceptors (Lipinski definition) is 0. The molecular weight excluding hydrogens is 396 g/mol. The number of rotatable bonds is 12. The largest absolute Gasteiger partial charge is 0.0776 e. The first-order valence-corrected chi connectivity index (χ1v) is 11.5. The standard InChI is InChI=1S/3C8H18.9CH4/c2*1-4-6-7-8(3)5-2;1-4-7-8(5-2)6-3;;;;;;;;;/h3*8H,4-7H2,1-3H3;9*1H4. The molecule has 0 aromatic rings. The summed E-state index contributed by atoms with van der Waals surface area (Å²) in [7, 11) is 0. The van der Waals surface area contributed by atoms with Crippen molar-refractivity contribution >= 4 is 0 Å². The molecule has 0 spiro atoms. The molecule has 0 radical (unpaired) electrons. The summed E-state index contributed by atoms with van der Waals surface area (Å²) < 4.78 is 0. The Labute approximate surface area is 223 Å². The van der Waals surface area contributed by atoms with Crippen molar-refractivity contribution in [2.24, 2.45) is 17.8 Å². The highest BCUT2D eigenvalue weighted by molar-refractivity contribution is 4.51. The molecule has 0 aromatic carbocycles. The predicted molar refractivity (Wildman–Crippen MR) is 178 cm³/mol. The lowest BCUT2D eigenvalue weighted by molar-refractivity contribution is 0.451. The van der Waals surface area contributed by atoms with Crippen LogP contribution < -0.4 is 0 Å². The maximum atomic E-state index is 2.33. The summed E-state index contributed by atoms with van der Waals surface area (Å²) in [6, 6.07) is 0. The average molecular weight is 487 g/mol. The van der Waals surface area contributed by atoms with Gasteiger partial charge in [0, 0.05) is 0 Å². The van der Waals surface area contributed by atoms with Crippen LogP contribution in [0.15, 0.2) is 0 Å². The van der Waals surface area contributed by atoms with Crippen LogP contribution in [0.3, 0.4) is 0 Å². The highest BCUT2D eigenvalue weighted by Crippen LogP contribution is 2.13. The Balaban J connectivity index is -0.0000000176. The molecule has 0 aliphatic carbocycles. The van der Waals surface area contributed by atoms with Crippen LogP contribution in [-0.4, -0.2) is 0 Å². The van der Waals surface area contributed by atoms with Crippen LogP contribution in [-0.2, 0) is 0 Å². The molecule has 0 fully saturated rings. The lowest BCUT2D eigenvalue weighted by Gasteiger charge is -2.08. The quantitative estimate of drug-likeness (QED) is 0.257. The first-order chi connectivity index (χ1) is 11.5. The minimum Gasteiger partial charge on any atom is -0.0776 e. The molecule has 0 rings (SSSR count). The second-order valence-electron chi connectivity index (χ2n) is 7.78. The van der Waals surface area contributed by atoms with E-state index in [9.17, 15) is 0 Å². The molecule has 0 N–H and O–H groups in total. The van der Waals surface area contributed by atoms with E-state index in [1.807, 2.05) is 0 Å². The molecule has 0 saturated heterocycles. The van der Waals surface area contributed by atoms with Crippen molar-refractivity contribution in [3.05, 3.63) is 0 Å². The van der Waals surface area contributed by atoms with Crippen LogP contribution in [0.1, 0.15) is 206 Å². The zero-order valence-corrected chi connectivity index (χ0v) is 19.2. The zero-order chi connectivity index (χ0) is 19.2.